The number of carbonyl (C=O) groups is 1. The van der Waals surface area contributed by atoms with Crippen molar-refractivity contribution in [3.63, 3.8) is 0 Å². The van der Waals surface area contributed by atoms with Crippen LogP contribution < -0.4 is 10.6 Å². The second kappa shape index (κ2) is 5.65. The first-order valence-corrected chi connectivity index (χ1v) is 5.61. The average molecular weight is 212 g/mol. The van der Waals surface area contributed by atoms with Crippen LogP contribution in [0.15, 0.2) is 12.1 Å². The molecule has 1 rings (SSSR count). The molecule has 14 heavy (non-hydrogen) atoms. The van der Waals surface area contributed by atoms with Crippen molar-refractivity contribution in [2.24, 2.45) is 0 Å². The number of nitrogens with one attached hydrogen (secondary N) is 2. The lowest BCUT2D eigenvalue weighted by Gasteiger charge is -2.04. The lowest BCUT2D eigenvalue weighted by molar-refractivity contribution is 0.240. The van der Waals surface area contributed by atoms with E-state index in [1.54, 1.807) is 11.3 Å². The van der Waals surface area contributed by atoms with E-state index >= 15 is 0 Å². The molecule has 78 valence electrons. The molecule has 0 atom stereocenters. The predicted molar refractivity (Wildman–Crippen MR) is 59.6 cm³/mol. The maximum Gasteiger partial charge on any atom is 0.315 e. The predicted octanol–water partition coefficient (Wildman–Crippen LogP) is 2.27. The number of urea groups is 1. The largest absolute Gasteiger partial charge is 0.338 e. The summed E-state index contributed by atoms with van der Waals surface area (Å²) in [4.78, 5) is 13.6. The van der Waals surface area contributed by atoms with Crippen LogP contribution >= 0.6 is 11.3 Å². The van der Waals surface area contributed by atoms with E-state index in [1.807, 2.05) is 13.0 Å². The summed E-state index contributed by atoms with van der Waals surface area (Å²) >= 11 is 1.71. The molecule has 0 unspecified atom stereocenters. The molecule has 2 N–H and O–H groups in total. The van der Waals surface area contributed by atoms with Gasteiger partial charge in [-0.15, -0.1) is 11.3 Å². The molecule has 2 amide bonds. The maximum absolute atomic E-state index is 11.2. The van der Waals surface area contributed by atoms with E-state index in [9.17, 15) is 4.79 Å². The fourth-order valence-electron chi connectivity index (χ4n) is 1.05. The van der Waals surface area contributed by atoms with Crippen molar-refractivity contribution in [3.8, 4) is 0 Å². The number of thiophene rings is 1. The molecule has 0 bridgehead atoms. The average Bonchev–Trinajstić information content (AvgIpc) is 2.58. The maximum atomic E-state index is 11.2. The molecule has 1 aromatic rings. The first-order valence-electron chi connectivity index (χ1n) is 4.79. The van der Waals surface area contributed by atoms with Gasteiger partial charge in [0, 0.05) is 16.3 Å². The third-order valence-electron chi connectivity index (χ3n) is 1.75. The summed E-state index contributed by atoms with van der Waals surface area (Å²) in [6.07, 6.45) is 0.964. The van der Waals surface area contributed by atoms with E-state index in [0.717, 1.165) is 13.0 Å². The van der Waals surface area contributed by atoms with Crippen molar-refractivity contribution in [3.05, 3.63) is 21.9 Å². The van der Waals surface area contributed by atoms with Gasteiger partial charge in [0.1, 0.15) is 0 Å². The molecular formula is C10H16N2OS. The minimum absolute atomic E-state index is 0.0853. The van der Waals surface area contributed by atoms with Gasteiger partial charge in [0.15, 0.2) is 0 Å². The van der Waals surface area contributed by atoms with Crippen LogP contribution in [0.1, 0.15) is 23.1 Å². The summed E-state index contributed by atoms with van der Waals surface area (Å²) in [7, 11) is 0. The van der Waals surface area contributed by atoms with Crippen LogP contribution in [0.2, 0.25) is 0 Å². The van der Waals surface area contributed by atoms with Crippen LogP contribution in [0.25, 0.3) is 0 Å². The molecule has 0 saturated heterocycles. The van der Waals surface area contributed by atoms with E-state index in [4.69, 9.17) is 0 Å². The normalized spacial score (nSPS) is 9.86. The van der Waals surface area contributed by atoms with E-state index in [2.05, 4.69) is 23.6 Å². The van der Waals surface area contributed by atoms with Gasteiger partial charge in [-0.25, -0.2) is 4.79 Å². The highest BCUT2D eigenvalue weighted by atomic mass is 32.1. The summed E-state index contributed by atoms with van der Waals surface area (Å²) in [6.45, 7) is 5.44. The molecule has 0 saturated carbocycles. The van der Waals surface area contributed by atoms with Gasteiger partial charge in [-0.2, -0.15) is 0 Å². The molecule has 0 aliphatic heterocycles. The van der Waals surface area contributed by atoms with E-state index in [1.165, 1.54) is 9.75 Å². The molecule has 1 aromatic heterocycles. The van der Waals surface area contributed by atoms with Crippen molar-refractivity contribution in [1.29, 1.82) is 0 Å². The summed E-state index contributed by atoms with van der Waals surface area (Å²) in [5.41, 5.74) is 0. The Balaban J connectivity index is 2.23. The van der Waals surface area contributed by atoms with Crippen LogP contribution in [0.3, 0.4) is 0 Å². The Labute approximate surface area is 88.5 Å². The van der Waals surface area contributed by atoms with Gasteiger partial charge in [0.2, 0.25) is 0 Å². The Morgan fingerprint density at radius 1 is 1.43 bits per heavy atom. The molecule has 0 radical (unpaired) electrons. The van der Waals surface area contributed by atoms with E-state index in [-0.39, 0.29) is 6.03 Å². The Hall–Kier alpha value is -1.03. The lowest BCUT2D eigenvalue weighted by Crippen LogP contribution is -2.35. The lowest BCUT2D eigenvalue weighted by atomic mass is 10.4. The zero-order valence-corrected chi connectivity index (χ0v) is 9.41. The second-order valence-corrected chi connectivity index (χ2v) is 4.49. The van der Waals surface area contributed by atoms with Gasteiger partial charge < -0.3 is 10.6 Å². The first-order chi connectivity index (χ1) is 6.72. The standard InChI is InChI=1S/C10H16N2OS/c1-3-6-11-10(13)12-7-9-5-4-8(2)14-9/h4-5H,3,6-7H2,1-2H3,(H2,11,12,13). The third kappa shape index (κ3) is 3.79. The molecule has 0 aromatic carbocycles. The third-order valence-corrected chi connectivity index (χ3v) is 2.76. The zero-order valence-electron chi connectivity index (χ0n) is 8.59. The quantitative estimate of drug-likeness (QED) is 0.789. The van der Waals surface area contributed by atoms with Crippen LogP contribution in [0.5, 0.6) is 0 Å². The Morgan fingerprint density at radius 3 is 2.79 bits per heavy atom. The topological polar surface area (TPSA) is 41.1 Å². The monoisotopic (exact) mass is 212 g/mol. The van der Waals surface area contributed by atoms with Gasteiger partial charge in [0.05, 0.1) is 6.54 Å². The van der Waals surface area contributed by atoms with Gasteiger partial charge in [-0.1, -0.05) is 6.92 Å². The minimum Gasteiger partial charge on any atom is -0.338 e. The number of carbonyl (C=O) groups excluding carboxylic acids is 1. The molecule has 0 aliphatic carbocycles. The molecule has 0 fully saturated rings. The van der Waals surface area contributed by atoms with E-state index in [0.29, 0.717) is 6.54 Å². The fourth-order valence-corrected chi connectivity index (χ4v) is 1.88. The highest BCUT2D eigenvalue weighted by molar-refractivity contribution is 7.11. The summed E-state index contributed by atoms with van der Waals surface area (Å²) < 4.78 is 0. The molecule has 4 heteroatoms. The van der Waals surface area contributed by atoms with Crippen molar-refractivity contribution < 1.29 is 4.79 Å². The molecular weight excluding hydrogens is 196 g/mol. The number of hydrogen-bond donors (Lipinski definition) is 2. The summed E-state index contributed by atoms with van der Waals surface area (Å²) in [5.74, 6) is 0. The summed E-state index contributed by atoms with van der Waals surface area (Å²) in [6, 6.07) is 4.02. The SMILES string of the molecule is CCCNC(=O)NCc1ccc(C)s1. The van der Waals surface area contributed by atoms with E-state index < -0.39 is 0 Å². The van der Waals surface area contributed by atoms with Crippen molar-refractivity contribution in [2.75, 3.05) is 6.54 Å². The fraction of sp³-hybridized carbons (Fsp3) is 0.500. The number of rotatable bonds is 4. The number of amides is 2. The highest BCUT2D eigenvalue weighted by Gasteiger charge is 2.00. The van der Waals surface area contributed by atoms with Gasteiger partial charge >= 0.3 is 6.03 Å². The van der Waals surface area contributed by atoms with Crippen LogP contribution in [0.4, 0.5) is 4.79 Å². The smallest absolute Gasteiger partial charge is 0.315 e. The minimum atomic E-state index is -0.0853. The van der Waals surface area contributed by atoms with Crippen molar-refractivity contribution >= 4 is 17.4 Å². The molecule has 1 heterocycles. The van der Waals surface area contributed by atoms with Crippen LogP contribution in [-0.4, -0.2) is 12.6 Å². The molecule has 0 spiro atoms. The first kappa shape index (κ1) is 11.0. The van der Waals surface area contributed by atoms with Crippen LogP contribution in [0, 0.1) is 6.92 Å². The van der Waals surface area contributed by atoms with Crippen molar-refractivity contribution in [1.82, 2.24) is 10.6 Å². The second-order valence-electron chi connectivity index (χ2n) is 3.12. The molecule has 0 aliphatic rings. The Bertz CT molecular complexity index is 296. The van der Waals surface area contributed by atoms with Gasteiger partial charge in [-0.05, 0) is 25.5 Å². The van der Waals surface area contributed by atoms with Gasteiger partial charge in [0.25, 0.3) is 0 Å². The highest BCUT2D eigenvalue weighted by Crippen LogP contribution is 2.14. The number of aryl methyl sites for hydroxylation is 1. The number of hydrogen-bond acceptors (Lipinski definition) is 2. The van der Waals surface area contributed by atoms with Gasteiger partial charge in [-0.3, -0.25) is 0 Å². The summed E-state index contributed by atoms with van der Waals surface area (Å²) in [5, 5.41) is 5.57. The Morgan fingerprint density at radius 2 is 2.21 bits per heavy atom. The van der Waals surface area contributed by atoms with Crippen molar-refractivity contribution in [2.45, 2.75) is 26.8 Å². The zero-order chi connectivity index (χ0) is 10.4. The van der Waals surface area contributed by atoms with Crippen LogP contribution in [-0.2, 0) is 6.54 Å². The molecule has 3 nitrogen and oxygen atoms in total. The Kier molecular flexibility index (Phi) is 4.46.